The fourth-order valence-electron chi connectivity index (χ4n) is 4.01. The molecule has 2 aliphatic heterocycles. The first-order valence-electron chi connectivity index (χ1n) is 9.01. The molecule has 130 valence electrons. The lowest BCUT2D eigenvalue weighted by Gasteiger charge is -2.35. The van der Waals surface area contributed by atoms with Gasteiger partial charge in [0.2, 0.25) is 5.91 Å². The maximum Gasteiger partial charge on any atom is 0.244 e. The molecule has 4 rings (SSSR count). The summed E-state index contributed by atoms with van der Waals surface area (Å²) in [5, 5.41) is 0. The van der Waals surface area contributed by atoms with Gasteiger partial charge in [-0.25, -0.2) is 9.97 Å². The van der Waals surface area contributed by atoms with Crippen molar-refractivity contribution < 1.29 is 4.79 Å². The monoisotopic (exact) mass is 336 g/mol. The van der Waals surface area contributed by atoms with Crippen LogP contribution < -0.4 is 4.90 Å². The number of hydrogen-bond acceptors (Lipinski definition) is 4. The molecule has 2 aliphatic rings. The molecule has 0 saturated heterocycles. The third-order valence-electron chi connectivity index (χ3n) is 5.45. The number of fused-ring (bicyclic) bond motifs is 2. The van der Waals surface area contributed by atoms with Gasteiger partial charge in [-0.2, -0.15) is 0 Å². The first-order valence-corrected chi connectivity index (χ1v) is 9.01. The van der Waals surface area contributed by atoms with Crippen LogP contribution in [0.15, 0.2) is 30.5 Å². The minimum atomic E-state index is -0.156. The summed E-state index contributed by atoms with van der Waals surface area (Å²) in [6, 6.07) is 8.31. The molecule has 3 heterocycles. The molecule has 0 saturated carbocycles. The minimum Gasteiger partial charge on any atom is -0.308 e. The van der Waals surface area contributed by atoms with E-state index in [0.717, 1.165) is 43.1 Å². The number of anilines is 1. The summed E-state index contributed by atoms with van der Waals surface area (Å²) in [7, 11) is 0. The number of rotatable bonds is 2. The Morgan fingerprint density at radius 3 is 2.92 bits per heavy atom. The summed E-state index contributed by atoms with van der Waals surface area (Å²) < 4.78 is 0. The van der Waals surface area contributed by atoms with Crippen LogP contribution in [0.3, 0.4) is 0 Å². The highest BCUT2D eigenvalue weighted by atomic mass is 16.2. The second-order valence-corrected chi connectivity index (χ2v) is 7.18. The molecule has 2 unspecified atom stereocenters. The summed E-state index contributed by atoms with van der Waals surface area (Å²) in [6.07, 6.45) is 3.77. The zero-order valence-electron chi connectivity index (χ0n) is 15.1. The number of para-hydroxylation sites is 1. The highest BCUT2D eigenvalue weighted by Crippen LogP contribution is 2.33. The van der Waals surface area contributed by atoms with Crippen LogP contribution in [0, 0.1) is 6.92 Å². The molecule has 2 aromatic rings. The standard InChI is InChI=1S/C20H24N4O/c1-13-10-16-6-4-5-7-19(16)24(13)20(25)14(2)23-9-8-17-11-21-15(3)22-18(17)12-23/h4-7,11,13-14H,8-10,12H2,1-3H3. The summed E-state index contributed by atoms with van der Waals surface area (Å²) in [5.74, 6) is 0.980. The van der Waals surface area contributed by atoms with Crippen molar-refractivity contribution in [1.29, 1.82) is 0 Å². The maximum absolute atomic E-state index is 13.2. The summed E-state index contributed by atoms with van der Waals surface area (Å²) in [4.78, 5) is 26.3. The molecule has 0 fully saturated rings. The fourth-order valence-corrected chi connectivity index (χ4v) is 4.01. The van der Waals surface area contributed by atoms with E-state index in [4.69, 9.17) is 0 Å². The predicted molar refractivity (Wildman–Crippen MR) is 97.4 cm³/mol. The van der Waals surface area contributed by atoms with Gasteiger partial charge in [-0.3, -0.25) is 9.69 Å². The van der Waals surface area contributed by atoms with E-state index >= 15 is 0 Å². The molecule has 0 spiro atoms. The molecule has 1 aromatic heterocycles. The average Bonchev–Trinajstić information content (AvgIpc) is 2.95. The van der Waals surface area contributed by atoms with Gasteiger partial charge in [0, 0.05) is 31.0 Å². The van der Waals surface area contributed by atoms with Crippen molar-refractivity contribution in [3.63, 3.8) is 0 Å². The van der Waals surface area contributed by atoms with Crippen molar-refractivity contribution in [2.75, 3.05) is 11.4 Å². The fraction of sp³-hybridized carbons (Fsp3) is 0.450. The maximum atomic E-state index is 13.2. The van der Waals surface area contributed by atoms with Crippen LogP contribution in [0.5, 0.6) is 0 Å². The zero-order chi connectivity index (χ0) is 17.6. The molecule has 0 aliphatic carbocycles. The molecular weight excluding hydrogens is 312 g/mol. The Kier molecular flexibility index (Phi) is 4.04. The van der Waals surface area contributed by atoms with Crippen molar-refractivity contribution in [2.24, 2.45) is 0 Å². The summed E-state index contributed by atoms with van der Waals surface area (Å²) in [5.41, 5.74) is 4.61. The van der Waals surface area contributed by atoms with Crippen molar-refractivity contribution >= 4 is 11.6 Å². The molecule has 1 amide bonds. The van der Waals surface area contributed by atoms with E-state index in [0.29, 0.717) is 0 Å². The van der Waals surface area contributed by atoms with Gasteiger partial charge in [0.15, 0.2) is 0 Å². The van der Waals surface area contributed by atoms with E-state index in [-0.39, 0.29) is 18.0 Å². The minimum absolute atomic E-state index is 0.156. The van der Waals surface area contributed by atoms with Crippen molar-refractivity contribution in [2.45, 2.75) is 52.2 Å². The van der Waals surface area contributed by atoms with Gasteiger partial charge in [-0.1, -0.05) is 18.2 Å². The first kappa shape index (κ1) is 16.2. The molecule has 5 heteroatoms. The van der Waals surface area contributed by atoms with Gasteiger partial charge < -0.3 is 4.90 Å². The number of hydrogen-bond donors (Lipinski definition) is 0. The number of aromatic nitrogens is 2. The van der Waals surface area contributed by atoms with Crippen molar-refractivity contribution in [3.8, 4) is 0 Å². The topological polar surface area (TPSA) is 49.3 Å². The van der Waals surface area contributed by atoms with Crippen LogP contribution in [0.4, 0.5) is 5.69 Å². The van der Waals surface area contributed by atoms with E-state index in [1.54, 1.807) is 0 Å². The van der Waals surface area contributed by atoms with Gasteiger partial charge in [-0.15, -0.1) is 0 Å². The number of carbonyl (C=O) groups excluding carboxylic acids is 1. The Labute approximate surface area is 148 Å². The number of amides is 1. The van der Waals surface area contributed by atoms with Crippen LogP contribution in [-0.4, -0.2) is 39.4 Å². The summed E-state index contributed by atoms with van der Waals surface area (Å²) >= 11 is 0. The average molecular weight is 336 g/mol. The van der Waals surface area contributed by atoms with Gasteiger partial charge in [0.25, 0.3) is 0 Å². The van der Waals surface area contributed by atoms with Crippen molar-refractivity contribution in [1.82, 2.24) is 14.9 Å². The molecule has 2 atom stereocenters. The summed E-state index contributed by atoms with van der Waals surface area (Å²) in [6.45, 7) is 7.66. The molecule has 0 bridgehead atoms. The molecule has 25 heavy (non-hydrogen) atoms. The lowest BCUT2D eigenvalue weighted by atomic mass is 10.0. The number of nitrogens with zero attached hydrogens (tertiary/aromatic N) is 4. The van der Waals surface area contributed by atoms with E-state index in [9.17, 15) is 4.79 Å². The Morgan fingerprint density at radius 2 is 2.08 bits per heavy atom. The van der Waals surface area contributed by atoms with Crippen LogP contribution in [-0.2, 0) is 24.2 Å². The molecule has 0 N–H and O–H groups in total. The smallest absolute Gasteiger partial charge is 0.244 e. The second-order valence-electron chi connectivity index (χ2n) is 7.18. The Hall–Kier alpha value is -2.27. The molecular formula is C20H24N4O. The lowest BCUT2D eigenvalue weighted by Crippen LogP contribution is -2.50. The largest absolute Gasteiger partial charge is 0.308 e. The normalized spacial score (nSPS) is 20.9. The molecule has 5 nitrogen and oxygen atoms in total. The third-order valence-corrected chi connectivity index (χ3v) is 5.45. The first-order chi connectivity index (χ1) is 12.0. The van der Waals surface area contributed by atoms with E-state index in [2.05, 4.69) is 33.9 Å². The highest BCUT2D eigenvalue weighted by molar-refractivity contribution is 5.99. The van der Waals surface area contributed by atoms with Crippen LogP contribution in [0.25, 0.3) is 0 Å². The van der Waals surface area contributed by atoms with Gasteiger partial charge in [0.05, 0.1) is 11.7 Å². The van der Waals surface area contributed by atoms with Gasteiger partial charge in [-0.05, 0) is 50.8 Å². The number of aryl methyl sites for hydroxylation is 1. The third kappa shape index (κ3) is 2.82. The van der Waals surface area contributed by atoms with Gasteiger partial charge in [0.1, 0.15) is 5.82 Å². The Bertz CT molecular complexity index is 819. The SMILES string of the molecule is Cc1ncc2c(n1)CN(C(C)C(=O)N1c3ccccc3CC1C)CC2. The second kappa shape index (κ2) is 6.23. The predicted octanol–water partition coefficient (Wildman–Crippen LogP) is 2.51. The zero-order valence-corrected chi connectivity index (χ0v) is 15.1. The lowest BCUT2D eigenvalue weighted by molar-refractivity contribution is -0.123. The highest BCUT2D eigenvalue weighted by Gasteiger charge is 2.36. The Morgan fingerprint density at radius 1 is 1.28 bits per heavy atom. The van der Waals surface area contributed by atoms with Crippen LogP contribution >= 0.6 is 0 Å². The van der Waals surface area contributed by atoms with E-state index in [1.807, 2.05) is 37.1 Å². The molecule has 0 radical (unpaired) electrons. The van der Waals surface area contributed by atoms with Crippen LogP contribution in [0.1, 0.15) is 36.5 Å². The number of carbonyl (C=O) groups is 1. The van der Waals surface area contributed by atoms with E-state index < -0.39 is 0 Å². The van der Waals surface area contributed by atoms with E-state index in [1.165, 1.54) is 11.1 Å². The van der Waals surface area contributed by atoms with Gasteiger partial charge >= 0.3 is 0 Å². The number of benzene rings is 1. The van der Waals surface area contributed by atoms with Crippen LogP contribution in [0.2, 0.25) is 0 Å². The molecule has 1 aromatic carbocycles. The van der Waals surface area contributed by atoms with Crippen molar-refractivity contribution in [3.05, 3.63) is 53.1 Å². The Balaban J connectivity index is 1.55. The quantitative estimate of drug-likeness (QED) is 0.845.